The number of phenolic OH excluding ortho intramolecular Hbond substituents is 4. The number of H-pyrrole nitrogens is 2. The number of fused-ring (bicyclic) bond motifs is 6. The summed E-state index contributed by atoms with van der Waals surface area (Å²) in [5.41, 5.74) is 17.4. The van der Waals surface area contributed by atoms with Crippen molar-refractivity contribution in [2.75, 3.05) is 13.1 Å². The summed E-state index contributed by atoms with van der Waals surface area (Å²) < 4.78 is 6.73. The number of carbonyl (C=O) groups excluding carboxylic acids is 1. The second-order valence-corrected chi connectivity index (χ2v) is 29.4. The minimum absolute atomic E-state index is 0.0109. The molecule has 14 rings (SSSR count). The van der Waals surface area contributed by atoms with Crippen LogP contribution in [0.3, 0.4) is 0 Å². The third-order valence-corrected chi connectivity index (χ3v) is 21.3. The summed E-state index contributed by atoms with van der Waals surface area (Å²) in [5, 5.41) is 87.4. The molecule has 25 nitrogen and oxygen atoms in total. The Hall–Kier alpha value is -11.1. The zero-order valence-electron chi connectivity index (χ0n) is 59.0. The van der Waals surface area contributed by atoms with Gasteiger partial charge in [-0.05, 0) is 167 Å². The highest BCUT2D eigenvalue weighted by molar-refractivity contribution is 7.15. The van der Waals surface area contributed by atoms with Gasteiger partial charge in [0.2, 0.25) is 5.91 Å². The molecule has 8 heterocycles. The molecule has 0 unspecified atom stereocenters. The number of aryl methyl sites for hydroxylation is 4. The van der Waals surface area contributed by atoms with E-state index in [4.69, 9.17) is 38.9 Å². The number of aromatic amines is 2. The van der Waals surface area contributed by atoms with Crippen molar-refractivity contribution in [3.05, 3.63) is 241 Å². The molecule has 0 saturated heterocycles. The molecule has 29 heteroatoms. The summed E-state index contributed by atoms with van der Waals surface area (Å²) in [6, 6.07) is 34.4. The molecule has 6 aromatic heterocycles. The Kier molecular flexibility index (Phi) is 21.5. The predicted molar refractivity (Wildman–Crippen MR) is 407 cm³/mol. The number of rotatable bonds is 17. The molecular formula is C76H76Cl2N16O9S2. The first-order valence-electron chi connectivity index (χ1n) is 33.8. The van der Waals surface area contributed by atoms with Crippen molar-refractivity contribution in [2.24, 2.45) is 15.7 Å². The first-order valence-corrected chi connectivity index (χ1v) is 36.2. The first-order chi connectivity index (χ1) is 50.2. The Labute approximate surface area is 620 Å². The van der Waals surface area contributed by atoms with Crippen molar-refractivity contribution in [1.29, 1.82) is 0 Å². The van der Waals surface area contributed by atoms with Gasteiger partial charge in [-0.15, -0.1) is 43.1 Å². The van der Waals surface area contributed by atoms with E-state index in [1.54, 1.807) is 46.9 Å². The molecule has 2 aliphatic rings. The van der Waals surface area contributed by atoms with E-state index in [9.17, 15) is 44.7 Å². The van der Waals surface area contributed by atoms with Crippen molar-refractivity contribution >= 4 is 69.2 Å². The van der Waals surface area contributed by atoms with Gasteiger partial charge in [0, 0.05) is 60.7 Å². The van der Waals surface area contributed by atoms with Crippen LogP contribution in [0.2, 0.25) is 10.0 Å². The number of halogens is 2. The van der Waals surface area contributed by atoms with Gasteiger partial charge in [-0.1, -0.05) is 99.4 Å². The number of carboxylic acid groups (broad SMARTS) is 1. The summed E-state index contributed by atoms with van der Waals surface area (Å²) >= 11 is 15.6. The molecule has 10 N–H and O–H groups in total. The van der Waals surface area contributed by atoms with E-state index in [1.807, 2.05) is 136 Å². The monoisotopic (exact) mass is 1490 g/mol. The van der Waals surface area contributed by atoms with Crippen LogP contribution in [0.4, 0.5) is 0 Å². The van der Waals surface area contributed by atoms with E-state index in [0.29, 0.717) is 74.8 Å². The van der Waals surface area contributed by atoms with Crippen molar-refractivity contribution in [1.82, 2.24) is 64.4 Å². The maximum Gasteiger partial charge on any atom is 0.348 e. The van der Waals surface area contributed by atoms with Crippen molar-refractivity contribution in [3.8, 4) is 67.2 Å². The first kappa shape index (κ1) is 73.6. The average molecular weight is 1490 g/mol. The van der Waals surface area contributed by atoms with Gasteiger partial charge in [-0.3, -0.25) is 28.7 Å². The number of carbonyl (C=O) groups is 2. The number of nitrogens with zero attached hydrogens (tertiary/aromatic N) is 12. The number of thiophene rings is 2. The Balaban J connectivity index is 0.000000164. The number of amides is 1. The van der Waals surface area contributed by atoms with Gasteiger partial charge in [0.15, 0.2) is 23.3 Å². The lowest BCUT2D eigenvalue weighted by atomic mass is 9.98. The maximum atomic E-state index is 13.4. The van der Waals surface area contributed by atoms with E-state index in [1.165, 1.54) is 31.0 Å². The standard InChI is InChI=1S/C38H37ClN8O4S.C19H17ClN4O2S.C19H22N4O3/c1-19(2)27-16-28(31(49)18-30(27)48)35-43-45-38(51)47(35)26-12-6-23(7-13-26)14-15-40-32(50)17-29-36-44-42-22(5)46(36)37-33(20(3)21(4)52-37)34(41-29)24-8-10-25(39)11-9-24;1-9-10(2)27-19-16(9)17(12-4-6-13(20)7-5-12)21-14(8-15(25)26)18-23-22-11(3)24(18)19;1-11(2)14-9-15(17(25)10-16(14)24)18-21-22-19(26)23(18)13-5-3-12(4-6-13)7-8-20/h6-13,16,18-19,29,48-49H,14-15,17H2,1-5H3,(H,40,50)(H,45,51);4-7,14H,8H2,1-3H3,(H,25,26);3-6,9-11,24-25H,7-8,20H2,1-2H3,(H,22,26)/t29-;14-;/m00./s1. The molecule has 105 heavy (non-hydrogen) atoms. The minimum Gasteiger partial charge on any atom is -0.508 e. The fourth-order valence-corrected chi connectivity index (χ4v) is 15.4. The van der Waals surface area contributed by atoms with Crippen LogP contribution < -0.4 is 22.4 Å². The molecule has 6 aromatic carbocycles. The Bertz CT molecular complexity index is 5470. The number of aliphatic imine (C=N–C) groups is 2. The second-order valence-electron chi connectivity index (χ2n) is 26.1. The summed E-state index contributed by atoms with van der Waals surface area (Å²) in [6.07, 6.45) is 1.23. The largest absolute Gasteiger partial charge is 0.508 e. The van der Waals surface area contributed by atoms with Crippen molar-refractivity contribution in [3.63, 3.8) is 0 Å². The van der Waals surface area contributed by atoms with Crippen LogP contribution in [0.25, 0.3) is 44.2 Å². The number of benzene rings is 6. The highest BCUT2D eigenvalue weighted by Gasteiger charge is 2.35. The second kappa shape index (κ2) is 30.7. The zero-order chi connectivity index (χ0) is 75.0. The fraction of sp³-hybridized carbons (Fsp3) is 0.263. The van der Waals surface area contributed by atoms with E-state index in [2.05, 4.69) is 73.8 Å². The molecule has 0 fully saturated rings. The smallest absolute Gasteiger partial charge is 0.348 e. The summed E-state index contributed by atoms with van der Waals surface area (Å²) in [7, 11) is 0. The quantitative estimate of drug-likeness (QED) is 0.0409. The summed E-state index contributed by atoms with van der Waals surface area (Å²) in [4.78, 5) is 62.5. The van der Waals surface area contributed by atoms with Crippen molar-refractivity contribution in [2.45, 2.75) is 119 Å². The summed E-state index contributed by atoms with van der Waals surface area (Å²) in [6.45, 7) is 20.7. The van der Waals surface area contributed by atoms with Gasteiger partial charge in [0.25, 0.3) is 0 Å². The highest BCUT2D eigenvalue weighted by Crippen LogP contribution is 2.44. The number of aromatic hydroxyl groups is 4. The van der Waals surface area contributed by atoms with Crippen LogP contribution in [0.5, 0.6) is 23.0 Å². The fourth-order valence-electron chi connectivity index (χ4n) is 12.7. The number of nitrogens with two attached hydrogens (primary N) is 1. The van der Waals surface area contributed by atoms with E-state index < -0.39 is 29.4 Å². The normalized spacial score (nSPS) is 13.7. The van der Waals surface area contributed by atoms with Crippen LogP contribution in [0, 0.1) is 41.5 Å². The Morgan fingerprint density at radius 2 is 0.943 bits per heavy atom. The van der Waals surface area contributed by atoms with Gasteiger partial charge in [0.05, 0.1) is 46.8 Å². The lowest BCUT2D eigenvalue weighted by Crippen LogP contribution is -2.27. The number of hydrogen-bond acceptors (Lipinski definition) is 19. The molecule has 1 amide bonds. The van der Waals surface area contributed by atoms with E-state index >= 15 is 0 Å². The number of carboxylic acids is 1. The highest BCUT2D eigenvalue weighted by atomic mass is 35.5. The van der Waals surface area contributed by atoms with Crippen LogP contribution in [0.1, 0.15) is 153 Å². The third-order valence-electron chi connectivity index (χ3n) is 18.4. The summed E-state index contributed by atoms with van der Waals surface area (Å²) in [5.74, 6) is 1.69. The topological polar surface area (TPSA) is 361 Å². The number of aromatic nitrogens is 12. The molecule has 0 bridgehead atoms. The van der Waals surface area contributed by atoms with Crippen LogP contribution >= 0.6 is 45.9 Å². The molecule has 0 radical (unpaired) electrons. The lowest BCUT2D eigenvalue weighted by molar-refractivity contribution is -0.137. The van der Waals surface area contributed by atoms with Crippen molar-refractivity contribution < 1.29 is 35.1 Å². The molecule has 0 saturated carbocycles. The van der Waals surface area contributed by atoms with Gasteiger partial charge < -0.3 is 36.6 Å². The zero-order valence-corrected chi connectivity index (χ0v) is 62.1. The molecule has 0 spiro atoms. The lowest BCUT2D eigenvalue weighted by Gasteiger charge is -2.14. The molecule has 0 aliphatic carbocycles. The van der Waals surface area contributed by atoms with Gasteiger partial charge in [-0.25, -0.2) is 28.9 Å². The molecule has 12 aromatic rings. The Morgan fingerprint density at radius 1 is 0.543 bits per heavy atom. The van der Waals surface area contributed by atoms with E-state index in [0.717, 1.165) is 84.0 Å². The van der Waals surface area contributed by atoms with Gasteiger partial charge in [0.1, 0.15) is 56.7 Å². The number of aliphatic carboxylic acids is 1. The minimum atomic E-state index is -0.926. The van der Waals surface area contributed by atoms with E-state index in [-0.39, 0.29) is 65.2 Å². The molecule has 2 atom stereocenters. The number of phenols is 4. The van der Waals surface area contributed by atoms with Crippen LogP contribution in [0.15, 0.2) is 141 Å². The van der Waals surface area contributed by atoms with Crippen LogP contribution in [-0.4, -0.2) is 121 Å². The average Bonchev–Trinajstić information content (AvgIpc) is 1.61. The maximum absolute atomic E-state index is 13.4. The van der Waals surface area contributed by atoms with Crippen LogP contribution in [-0.2, 0) is 22.4 Å². The van der Waals surface area contributed by atoms with Gasteiger partial charge >= 0.3 is 17.3 Å². The number of hydrogen-bond donors (Lipinski definition) is 9. The molecular weight excluding hydrogens is 1420 g/mol. The van der Waals surface area contributed by atoms with Gasteiger partial charge in [-0.2, -0.15) is 10.2 Å². The Morgan fingerprint density at radius 3 is 1.33 bits per heavy atom. The number of nitrogens with one attached hydrogen (secondary N) is 3. The third kappa shape index (κ3) is 15.0. The molecule has 540 valence electrons. The SMILES string of the molecule is CC(C)c1cc(-c2n[nH]c(=O)n2-c2ccc(CCN)cc2)c(O)cc1O.Cc1sc2c(c1C)C(c1ccc(Cl)cc1)=N[C@@H](CC(=O)NCCc1ccc(-n3c(-c4cc(C(C)C)c(O)cc4O)n[nH]c3=O)cc1)c1nnc(C)n1-2.Cc1sc2c(c1C)C(c1ccc(Cl)cc1)=N[C@@H](CC(=O)O)c1nnc(C)n1-2. The molecule has 2 aliphatic heterocycles. The predicted octanol–water partition coefficient (Wildman–Crippen LogP) is 13.2.